The van der Waals surface area contributed by atoms with Crippen LogP contribution in [0, 0.1) is 12.8 Å². The Morgan fingerprint density at radius 2 is 2.17 bits per heavy atom. The molecule has 1 aromatic heterocycles. The minimum absolute atomic E-state index is 0.0640. The molecule has 0 radical (unpaired) electrons. The number of piperidine rings is 1. The molecule has 2 fully saturated rings. The Morgan fingerprint density at radius 1 is 1.37 bits per heavy atom. The molecule has 3 atom stereocenters. The molecule has 2 aromatic rings. The van der Waals surface area contributed by atoms with Crippen LogP contribution >= 0.6 is 0 Å². The first-order chi connectivity index (χ1) is 14.3. The van der Waals surface area contributed by atoms with E-state index in [4.69, 9.17) is 9.15 Å². The van der Waals surface area contributed by atoms with E-state index in [1.165, 1.54) is 6.07 Å². The molecule has 1 amide bonds. The molecule has 0 spiro atoms. The van der Waals surface area contributed by atoms with E-state index in [-0.39, 0.29) is 17.5 Å². The summed E-state index contributed by atoms with van der Waals surface area (Å²) in [5.74, 6) is 0.636. The van der Waals surface area contributed by atoms with E-state index in [9.17, 15) is 14.7 Å². The van der Waals surface area contributed by atoms with Crippen molar-refractivity contribution in [2.75, 3.05) is 13.1 Å². The maximum atomic E-state index is 13.1. The van der Waals surface area contributed by atoms with E-state index >= 15 is 0 Å². The van der Waals surface area contributed by atoms with E-state index in [0.717, 1.165) is 48.6 Å². The number of amides is 1. The zero-order valence-corrected chi connectivity index (χ0v) is 18.1. The molecule has 4 rings (SSSR count). The minimum atomic E-state index is -0.656. The maximum absolute atomic E-state index is 13.1. The lowest BCUT2D eigenvalue weighted by molar-refractivity contribution is -0.149. The molecule has 1 aliphatic carbocycles. The number of carbonyl (C=O) groups is 1. The molecule has 0 bridgehead atoms. The molecule has 1 aliphatic heterocycles. The van der Waals surface area contributed by atoms with Crippen molar-refractivity contribution >= 4 is 16.9 Å². The Morgan fingerprint density at radius 3 is 2.93 bits per heavy atom. The van der Waals surface area contributed by atoms with Crippen molar-refractivity contribution in [2.24, 2.45) is 5.92 Å². The van der Waals surface area contributed by atoms with Gasteiger partial charge in [-0.25, -0.2) is 4.79 Å². The number of ether oxygens (including phenoxy) is 1. The lowest BCUT2D eigenvalue weighted by atomic mass is 9.71. The van der Waals surface area contributed by atoms with Crippen LogP contribution in [0.1, 0.15) is 57.1 Å². The molecule has 162 valence electrons. The third-order valence-electron chi connectivity index (χ3n) is 6.97. The standard InChI is InChI=1S/C24H31NO5/c1-4-17-13-21(26)30-22-15(2)20(9-8-19(17)22)29-16(3)23(27)25-12-11-24(28)10-6-5-7-18(24)14-25/h8-9,13,16,18,28H,4-7,10-12,14H2,1-3H3/t16-,18-,24-/m1/s1. The van der Waals surface area contributed by atoms with E-state index in [1.54, 1.807) is 6.92 Å². The fourth-order valence-corrected chi connectivity index (χ4v) is 5.10. The van der Waals surface area contributed by atoms with Gasteiger partial charge in [0.2, 0.25) is 0 Å². The van der Waals surface area contributed by atoms with Crippen LogP contribution in [-0.2, 0) is 11.2 Å². The highest BCUT2D eigenvalue weighted by atomic mass is 16.5. The first kappa shape index (κ1) is 20.9. The number of nitrogens with zero attached hydrogens (tertiary/aromatic N) is 1. The van der Waals surface area contributed by atoms with Gasteiger partial charge in [0, 0.05) is 36.0 Å². The van der Waals surface area contributed by atoms with E-state index in [2.05, 4.69) is 0 Å². The molecule has 1 saturated carbocycles. The number of aryl methyl sites for hydroxylation is 2. The van der Waals surface area contributed by atoms with Crippen molar-refractivity contribution < 1.29 is 19.1 Å². The van der Waals surface area contributed by atoms with Crippen LogP contribution in [0.15, 0.2) is 27.4 Å². The summed E-state index contributed by atoms with van der Waals surface area (Å²) in [6.07, 6.45) is 4.71. The summed E-state index contributed by atoms with van der Waals surface area (Å²) in [5, 5.41) is 11.8. The number of benzene rings is 1. The number of hydrogen-bond acceptors (Lipinski definition) is 5. The first-order valence-corrected chi connectivity index (χ1v) is 11.1. The van der Waals surface area contributed by atoms with Crippen molar-refractivity contribution in [3.05, 3.63) is 39.7 Å². The van der Waals surface area contributed by atoms with Crippen molar-refractivity contribution in [3.63, 3.8) is 0 Å². The Bertz CT molecular complexity index is 1010. The Balaban J connectivity index is 1.51. The van der Waals surface area contributed by atoms with Crippen molar-refractivity contribution in [1.82, 2.24) is 4.90 Å². The van der Waals surface area contributed by atoms with Gasteiger partial charge in [-0.3, -0.25) is 4.79 Å². The molecule has 30 heavy (non-hydrogen) atoms. The van der Waals surface area contributed by atoms with Crippen LogP contribution < -0.4 is 10.4 Å². The van der Waals surface area contributed by atoms with Crippen LogP contribution in [0.25, 0.3) is 11.0 Å². The summed E-state index contributed by atoms with van der Waals surface area (Å²) in [4.78, 5) is 26.8. The van der Waals surface area contributed by atoms with Crippen LogP contribution in [0.2, 0.25) is 0 Å². The van der Waals surface area contributed by atoms with Gasteiger partial charge in [-0.15, -0.1) is 0 Å². The van der Waals surface area contributed by atoms with Crippen LogP contribution in [-0.4, -0.2) is 40.7 Å². The van der Waals surface area contributed by atoms with E-state index in [1.807, 2.05) is 30.9 Å². The second kappa shape index (κ2) is 8.06. The Hall–Kier alpha value is -2.34. The fraction of sp³-hybridized carbons (Fsp3) is 0.583. The summed E-state index contributed by atoms with van der Waals surface area (Å²) in [5.41, 5.74) is 1.19. The van der Waals surface area contributed by atoms with E-state index < -0.39 is 11.7 Å². The number of fused-ring (bicyclic) bond motifs is 2. The van der Waals surface area contributed by atoms with Gasteiger partial charge in [0.25, 0.3) is 5.91 Å². The molecular formula is C24H31NO5. The average Bonchev–Trinajstić information content (AvgIpc) is 2.74. The highest BCUT2D eigenvalue weighted by Gasteiger charge is 2.44. The number of aliphatic hydroxyl groups is 1. The molecule has 6 heteroatoms. The van der Waals surface area contributed by atoms with Crippen LogP contribution in [0.5, 0.6) is 5.75 Å². The SMILES string of the molecule is CCc1cc(=O)oc2c(C)c(O[C@H](C)C(=O)N3CC[C@]4(O)CCCC[C@@H]4C3)ccc12. The lowest BCUT2D eigenvalue weighted by Crippen LogP contribution is -2.56. The molecular weight excluding hydrogens is 382 g/mol. The van der Waals surface area contributed by atoms with Gasteiger partial charge in [-0.1, -0.05) is 19.8 Å². The van der Waals surface area contributed by atoms with Gasteiger partial charge in [0.15, 0.2) is 6.10 Å². The second-order valence-corrected chi connectivity index (χ2v) is 8.85. The highest BCUT2D eigenvalue weighted by Crippen LogP contribution is 2.40. The minimum Gasteiger partial charge on any atom is -0.480 e. The van der Waals surface area contributed by atoms with E-state index in [0.29, 0.717) is 30.8 Å². The summed E-state index contributed by atoms with van der Waals surface area (Å²) in [6.45, 7) is 6.76. The van der Waals surface area contributed by atoms with Crippen LogP contribution in [0.3, 0.4) is 0 Å². The number of likely N-dealkylation sites (tertiary alicyclic amines) is 1. The van der Waals surface area contributed by atoms with Crippen LogP contribution in [0.4, 0.5) is 0 Å². The van der Waals surface area contributed by atoms with Crippen molar-refractivity contribution in [1.29, 1.82) is 0 Å². The van der Waals surface area contributed by atoms with Gasteiger partial charge in [-0.2, -0.15) is 0 Å². The Labute approximate surface area is 176 Å². The molecule has 2 aliphatic rings. The maximum Gasteiger partial charge on any atom is 0.336 e. The summed E-state index contributed by atoms with van der Waals surface area (Å²) >= 11 is 0. The first-order valence-electron chi connectivity index (χ1n) is 11.1. The molecule has 2 heterocycles. The number of hydrogen-bond donors (Lipinski definition) is 1. The Kier molecular flexibility index (Phi) is 5.62. The smallest absolute Gasteiger partial charge is 0.336 e. The topological polar surface area (TPSA) is 80.0 Å². The third kappa shape index (κ3) is 3.73. The average molecular weight is 414 g/mol. The largest absolute Gasteiger partial charge is 0.480 e. The van der Waals surface area contributed by atoms with Gasteiger partial charge < -0.3 is 19.2 Å². The zero-order chi connectivity index (χ0) is 21.5. The summed E-state index contributed by atoms with van der Waals surface area (Å²) < 4.78 is 11.5. The molecule has 1 N–H and O–H groups in total. The molecule has 0 unspecified atom stereocenters. The fourth-order valence-electron chi connectivity index (χ4n) is 5.10. The number of carbonyl (C=O) groups excluding carboxylic acids is 1. The highest BCUT2D eigenvalue weighted by molar-refractivity contribution is 5.85. The predicted molar refractivity (Wildman–Crippen MR) is 115 cm³/mol. The third-order valence-corrected chi connectivity index (χ3v) is 6.97. The van der Waals surface area contributed by atoms with Crippen molar-refractivity contribution in [2.45, 2.75) is 71.0 Å². The van der Waals surface area contributed by atoms with Gasteiger partial charge in [0.1, 0.15) is 11.3 Å². The lowest BCUT2D eigenvalue weighted by Gasteiger charge is -2.47. The van der Waals surface area contributed by atoms with Gasteiger partial charge in [-0.05, 0) is 57.2 Å². The quantitative estimate of drug-likeness (QED) is 0.775. The predicted octanol–water partition coefficient (Wildman–Crippen LogP) is 3.58. The molecule has 1 saturated heterocycles. The monoisotopic (exact) mass is 413 g/mol. The zero-order valence-electron chi connectivity index (χ0n) is 18.1. The van der Waals surface area contributed by atoms with Gasteiger partial charge in [0.05, 0.1) is 5.60 Å². The second-order valence-electron chi connectivity index (χ2n) is 8.85. The molecule has 1 aromatic carbocycles. The normalized spacial score (nSPS) is 25.1. The molecule has 6 nitrogen and oxygen atoms in total. The van der Waals surface area contributed by atoms with Gasteiger partial charge >= 0.3 is 5.63 Å². The van der Waals surface area contributed by atoms with Crippen molar-refractivity contribution in [3.8, 4) is 5.75 Å². The summed E-state index contributed by atoms with van der Waals surface area (Å²) in [6, 6.07) is 5.26. The summed E-state index contributed by atoms with van der Waals surface area (Å²) in [7, 11) is 0. The number of rotatable bonds is 4.